The number of aryl methyl sites for hydroxylation is 1. The van der Waals surface area contributed by atoms with E-state index in [1.54, 1.807) is 0 Å². The van der Waals surface area contributed by atoms with Gasteiger partial charge in [0, 0.05) is 24.9 Å². The number of anilines is 1. The van der Waals surface area contributed by atoms with Gasteiger partial charge in [-0.1, -0.05) is 12.8 Å². The number of aromatic nitrogens is 3. The largest absolute Gasteiger partial charge is 0.319 e. The van der Waals surface area contributed by atoms with Gasteiger partial charge in [0.15, 0.2) is 0 Å². The molecule has 2 unspecified atom stereocenters. The molecule has 0 radical (unpaired) electrons. The fourth-order valence-corrected chi connectivity index (χ4v) is 3.17. The van der Waals surface area contributed by atoms with Crippen LogP contribution >= 0.6 is 0 Å². The number of pyridine rings is 1. The van der Waals surface area contributed by atoms with Crippen LogP contribution in [0.3, 0.4) is 0 Å². The molecule has 1 amide bonds. The summed E-state index contributed by atoms with van der Waals surface area (Å²) in [6.45, 7) is 2.30. The molecule has 2 aromatic rings. The Morgan fingerprint density at radius 1 is 1.19 bits per heavy atom. The first-order valence-electron chi connectivity index (χ1n) is 8.75. The first-order valence-corrected chi connectivity index (χ1v) is 8.75. The zero-order chi connectivity index (χ0) is 18.7. The Hall–Kier alpha value is -2.77. The van der Waals surface area contributed by atoms with E-state index in [9.17, 15) is 18.8 Å². The number of amides is 1. The smallest absolute Gasteiger partial charge is 0.276 e. The van der Waals surface area contributed by atoms with Gasteiger partial charge < -0.3 is 9.88 Å². The van der Waals surface area contributed by atoms with Crippen molar-refractivity contribution in [3.63, 3.8) is 0 Å². The molecule has 1 aliphatic rings. The van der Waals surface area contributed by atoms with E-state index in [0.29, 0.717) is 25.1 Å². The average Bonchev–Trinajstić information content (AvgIpc) is 2.64. The molecule has 26 heavy (non-hydrogen) atoms. The SMILES string of the molecule is CCn1cc(NC(=O)c2ccc(=O)n(C3CCCCC3F)n2)ccc1=O. The lowest BCUT2D eigenvalue weighted by atomic mass is 9.94. The summed E-state index contributed by atoms with van der Waals surface area (Å²) in [7, 11) is 0. The van der Waals surface area contributed by atoms with Crippen molar-refractivity contribution < 1.29 is 9.18 Å². The lowest BCUT2D eigenvalue weighted by molar-refractivity contribution is 0.101. The van der Waals surface area contributed by atoms with Gasteiger partial charge in [-0.3, -0.25) is 14.4 Å². The first-order chi connectivity index (χ1) is 12.5. The molecule has 138 valence electrons. The van der Waals surface area contributed by atoms with E-state index in [1.165, 1.54) is 35.0 Å². The zero-order valence-electron chi connectivity index (χ0n) is 14.5. The number of hydrogen-bond donors (Lipinski definition) is 1. The fraction of sp³-hybridized carbons (Fsp3) is 0.444. The fourth-order valence-electron chi connectivity index (χ4n) is 3.17. The minimum absolute atomic E-state index is 0.0246. The van der Waals surface area contributed by atoms with Crippen LogP contribution in [-0.4, -0.2) is 26.4 Å². The Kier molecular flexibility index (Phi) is 5.29. The molecular weight excluding hydrogens is 339 g/mol. The molecule has 0 saturated heterocycles. The molecule has 0 spiro atoms. The zero-order valence-corrected chi connectivity index (χ0v) is 14.5. The maximum absolute atomic E-state index is 14.2. The molecule has 2 aromatic heterocycles. The third-order valence-corrected chi connectivity index (χ3v) is 4.60. The van der Waals surface area contributed by atoms with Crippen molar-refractivity contribution in [2.24, 2.45) is 0 Å². The summed E-state index contributed by atoms with van der Waals surface area (Å²) in [5.41, 5.74) is -0.118. The van der Waals surface area contributed by atoms with Crippen molar-refractivity contribution in [3.8, 4) is 0 Å². The van der Waals surface area contributed by atoms with Gasteiger partial charge in [0.1, 0.15) is 11.9 Å². The molecule has 3 rings (SSSR count). The third-order valence-electron chi connectivity index (χ3n) is 4.60. The molecule has 2 atom stereocenters. The highest BCUT2D eigenvalue weighted by molar-refractivity contribution is 6.02. The van der Waals surface area contributed by atoms with E-state index in [4.69, 9.17) is 0 Å². The topological polar surface area (TPSA) is 86.0 Å². The Morgan fingerprint density at radius 2 is 1.92 bits per heavy atom. The Balaban J connectivity index is 1.85. The van der Waals surface area contributed by atoms with Crippen molar-refractivity contribution in [1.29, 1.82) is 0 Å². The number of hydrogen-bond acceptors (Lipinski definition) is 4. The van der Waals surface area contributed by atoms with Crippen molar-refractivity contribution in [2.75, 3.05) is 5.32 Å². The first kappa shape index (κ1) is 18.0. The van der Waals surface area contributed by atoms with Crippen molar-refractivity contribution in [3.05, 3.63) is 56.9 Å². The highest BCUT2D eigenvalue weighted by Gasteiger charge is 2.28. The third kappa shape index (κ3) is 3.74. The molecule has 7 nitrogen and oxygen atoms in total. The number of halogens is 1. The maximum atomic E-state index is 14.2. The van der Waals surface area contributed by atoms with Gasteiger partial charge in [0.05, 0.1) is 11.7 Å². The Morgan fingerprint density at radius 3 is 2.65 bits per heavy atom. The average molecular weight is 360 g/mol. The summed E-state index contributed by atoms with van der Waals surface area (Å²) in [6, 6.07) is 4.78. The van der Waals surface area contributed by atoms with E-state index >= 15 is 0 Å². The molecular formula is C18H21FN4O3. The molecule has 2 heterocycles. The van der Waals surface area contributed by atoms with Crippen LogP contribution in [0.5, 0.6) is 0 Å². The lowest BCUT2D eigenvalue weighted by Crippen LogP contribution is -2.35. The standard InChI is InChI=1S/C18H21FN4O3/c1-2-22-11-12(7-9-16(22)24)20-18(26)14-8-10-17(25)23(21-14)15-6-4-3-5-13(15)19/h7-11,13,15H,2-6H2,1H3,(H,20,26). The molecule has 1 N–H and O–H groups in total. The predicted molar refractivity (Wildman–Crippen MR) is 95.2 cm³/mol. The van der Waals surface area contributed by atoms with Gasteiger partial charge in [0.25, 0.3) is 17.0 Å². The van der Waals surface area contributed by atoms with Gasteiger partial charge in [-0.25, -0.2) is 9.07 Å². The number of rotatable bonds is 4. The highest BCUT2D eigenvalue weighted by Crippen LogP contribution is 2.29. The number of nitrogens with zero attached hydrogens (tertiary/aromatic N) is 3. The molecule has 8 heteroatoms. The Bertz CT molecular complexity index is 921. The number of nitrogens with one attached hydrogen (secondary N) is 1. The van der Waals surface area contributed by atoms with E-state index in [-0.39, 0.29) is 11.3 Å². The highest BCUT2D eigenvalue weighted by atomic mass is 19.1. The normalized spacial score (nSPS) is 19.9. The van der Waals surface area contributed by atoms with Gasteiger partial charge in [-0.05, 0) is 31.9 Å². The van der Waals surface area contributed by atoms with Gasteiger partial charge in [-0.2, -0.15) is 5.10 Å². The molecule has 0 aliphatic heterocycles. The van der Waals surface area contributed by atoms with Crippen LogP contribution in [0.15, 0.2) is 40.1 Å². The lowest BCUT2D eigenvalue weighted by Gasteiger charge is -2.26. The second-order valence-corrected chi connectivity index (χ2v) is 6.37. The molecule has 0 bridgehead atoms. The quantitative estimate of drug-likeness (QED) is 0.905. The van der Waals surface area contributed by atoms with Crippen molar-refractivity contribution in [2.45, 2.75) is 51.4 Å². The van der Waals surface area contributed by atoms with Crippen LogP contribution in [0.1, 0.15) is 49.1 Å². The van der Waals surface area contributed by atoms with E-state index in [2.05, 4.69) is 10.4 Å². The second kappa shape index (κ2) is 7.63. The van der Waals surface area contributed by atoms with Gasteiger partial charge in [0.2, 0.25) is 0 Å². The predicted octanol–water partition coefficient (Wildman–Crippen LogP) is 2.13. The van der Waals surface area contributed by atoms with Crippen LogP contribution < -0.4 is 16.4 Å². The van der Waals surface area contributed by atoms with Crippen LogP contribution in [-0.2, 0) is 6.54 Å². The van der Waals surface area contributed by atoms with Crippen LogP contribution in [0.2, 0.25) is 0 Å². The monoisotopic (exact) mass is 360 g/mol. The number of carbonyl (C=O) groups is 1. The summed E-state index contributed by atoms with van der Waals surface area (Å²) < 4.78 is 16.7. The van der Waals surface area contributed by atoms with E-state index < -0.39 is 23.7 Å². The van der Waals surface area contributed by atoms with Gasteiger partial charge >= 0.3 is 0 Å². The molecule has 0 aromatic carbocycles. The molecule has 1 saturated carbocycles. The maximum Gasteiger partial charge on any atom is 0.276 e. The summed E-state index contributed by atoms with van der Waals surface area (Å²) in [5.74, 6) is -0.522. The van der Waals surface area contributed by atoms with E-state index in [0.717, 1.165) is 17.5 Å². The number of alkyl halides is 1. The second-order valence-electron chi connectivity index (χ2n) is 6.37. The molecule has 1 fully saturated rings. The minimum Gasteiger partial charge on any atom is -0.319 e. The minimum atomic E-state index is -1.14. The molecule has 1 aliphatic carbocycles. The summed E-state index contributed by atoms with van der Waals surface area (Å²) in [4.78, 5) is 36.1. The van der Waals surface area contributed by atoms with Crippen LogP contribution in [0.25, 0.3) is 0 Å². The number of carbonyl (C=O) groups excluding carboxylic acids is 1. The summed E-state index contributed by atoms with van der Waals surface area (Å²) in [6.07, 6.45) is 2.94. The van der Waals surface area contributed by atoms with Crippen LogP contribution in [0, 0.1) is 0 Å². The van der Waals surface area contributed by atoms with Gasteiger partial charge in [-0.15, -0.1) is 0 Å². The summed E-state index contributed by atoms with van der Waals surface area (Å²) >= 11 is 0. The van der Waals surface area contributed by atoms with Crippen molar-refractivity contribution in [1.82, 2.24) is 14.3 Å². The van der Waals surface area contributed by atoms with Crippen molar-refractivity contribution >= 4 is 11.6 Å². The van der Waals surface area contributed by atoms with Crippen LogP contribution in [0.4, 0.5) is 10.1 Å². The summed E-state index contributed by atoms with van der Waals surface area (Å²) in [5, 5.41) is 6.74. The Labute approximate surface area is 149 Å². The van der Waals surface area contributed by atoms with E-state index in [1.807, 2.05) is 6.92 Å².